The molecule has 0 saturated carbocycles. The third kappa shape index (κ3) is 3.12. The van der Waals surface area contributed by atoms with Crippen molar-refractivity contribution in [3.8, 4) is 0 Å². The second-order valence-corrected chi connectivity index (χ2v) is 3.18. The summed E-state index contributed by atoms with van der Waals surface area (Å²) in [5, 5.41) is 9.23. The van der Waals surface area contributed by atoms with Crippen LogP contribution in [0.3, 0.4) is 0 Å². The van der Waals surface area contributed by atoms with Crippen molar-refractivity contribution in [3.05, 3.63) is 18.4 Å². The van der Waals surface area contributed by atoms with Gasteiger partial charge in [-0.15, -0.1) is 5.73 Å². The van der Waals surface area contributed by atoms with E-state index >= 15 is 0 Å². The quantitative estimate of drug-likeness (QED) is 0.530. The zero-order valence-electron chi connectivity index (χ0n) is 6.31. The SMILES string of the molecule is C=C=CC(O)C(C)(C)C. The Kier molecular flexibility index (Phi) is 2.69. The van der Waals surface area contributed by atoms with Crippen LogP contribution in [0.25, 0.3) is 0 Å². The summed E-state index contributed by atoms with van der Waals surface area (Å²) in [6, 6.07) is 0. The second kappa shape index (κ2) is 2.86. The molecule has 1 nitrogen and oxygen atoms in total. The maximum Gasteiger partial charge on any atom is 0.0842 e. The molecule has 0 rings (SSSR count). The molecule has 9 heavy (non-hydrogen) atoms. The minimum atomic E-state index is -0.435. The lowest BCUT2D eigenvalue weighted by Gasteiger charge is -2.21. The van der Waals surface area contributed by atoms with Crippen molar-refractivity contribution < 1.29 is 5.11 Å². The molecule has 0 aliphatic heterocycles. The first-order valence-corrected chi connectivity index (χ1v) is 3.02. The zero-order valence-corrected chi connectivity index (χ0v) is 6.31. The molecule has 0 aliphatic carbocycles. The van der Waals surface area contributed by atoms with Crippen LogP contribution in [0.2, 0.25) is 0 Å². The molecule has 0 aliphatic rings. The van der Waals surface area contributed by atoms with Gasteiger partial charge in [0, 0.05) is 0 Å². The van der Waals surface area contributed by atoms with E-state index in [1.807, 2.05) is 20.8 Å². The third-order valence-corrected chi connectivity index (χ3v) is 1.16. The highest BCUT2D eigenvalue weighted by atomic mass is 16.3. The van der Waals surface area contributed by atoms with Crippen LogP contribution in [0.5, 0.6) is 0 Å². The Labute approximate surface area is 56.7 Å². The van der Waals surface area contributed by atoms with E-state index < -0.39 is 6.10 Å². The van der Waals surface area contributed by atoms with E-state index in [9.17, 15) is 5.11 Å². The Bertz CT molecular complexity index is 124. The van der Waals surface area contributed by atoms with E-state index in [1.165, 1.54) is 0 Å². The monoisotopic (exact) mass is 126 g/mol. The van der Waals surface area contributed by atoms with Crippen LogP contribution in [-0.4, -0.2) is 11.2 Å². The molecule has 0 radical (unpaired) electrons. The Hall–Kier alpha value is -0.520. The van der Waals surface area contributed by atoms with Crippen LogP contribution < -0.4 is 0 Å². The molecule has 1 heteroatoms. The summed E-state index contributed by atoms with van der Waals surface area (Å²) in [6.45, 7) is 9.26. The van der Waals surface area contributed by atoms with Crippen molar-refractivity contribution in [1.29, 1.82) is 0 Å². The first-order chi connectivity index (χ1) is 3.98. The average molecular weight is 126 g/mol. The minimum Gasteiger partial charge on any atom is -0.388 e. The average Bonchev–Trinajstić information content (AvgIpc) is 1.64. The fraction of sp³-hybridized carbons (Fsp3) is 0.625. The largest absolute Gasteiger partial charge is 0.388 e. The van der Waals surface area contributed by atoms with Gasteiger partial charge in [0.15, 0.2) is 0 Å². The number of hydrogen-bond donors (Lipinski definition) is 1. The van der Waals surface area contributed by atoms with E-state index in [2.05, 4.69) is 12.3 Å². The van der Waals surface area contributed by atoms with Gasteiger partial charge in [-0.25, -0.2) is 0 Å². The van der Waals surface area contributed by atoms with Gasteiger partial charge in [0.1, 0.15) is 0 Å². The molecular formula is C8H14O. The van der Waals surface area contributed by atoms with Gasteiger partial charge < -0.3 is 5.11 Å². The Morgan fingerprint density at radius 2 is 2.00 bits per heavy atom. The van der Waals surface area contributed by atoms with E-state index in [1.54, 1.807) is 6.08 Å². The summed E-state index contributed by atoms with van der Waals surface area (Å²) in [7, 11) is 0. The molecular weight excluding hydrogens is 112 g/mol. The van der Waals surface area contributed by atoms with Crippen LogP contribution in [0, 0.1) is 5.41 Å². The maximum atomic E-state index is 9.23. The number of aliphatic hydroxyl groups is 1. The molecule has 0 aromatic carbocycles. The van der Waals surface area contributed by atoms with Gasteiger partial charge in [-0.1, -0.05) is 27.4 Å². The van der Waals surface area contributed by atoms with E-state index in [-0.39, 0.29) is 5.41 Å². The molecule has 0 fully saturated rings. The lowest BCUT2D eigenvalue weighted by atomic mass is 9.89. The molecule has 52 valence electrons. The van der Waals surface area contributed by atoms with Crippen LogP contribution in [0.15, 0.2) is 18.4 Å². The normalized spacial score (nSPS) is 14.2. The number of rotatable bonds is 1. The van der Waals surface area contributed by atoms with Crippen LogP contribution in [-0.2, 0) is 0 Å². The lowest BCUT2D eigenvalue weighted by molar-refractivity contribution is 0.106. The van der Waals surface area contributed by atoms with Crippen LogP contribution >= 0.6 is 0 Å². The van der Waals surface area contributed by atoms with Gasteiger partial charge >= 0.3 is 0 Å². The van der Waals surface area contributed by atoms with Crippen LogP contribution in [0.4, 0.5) is 0 Å². The molecule has 0 amide bonds. The fourth-order valence-corrected chi connectivity index (χ4v) is 0.362. The van der Waals surface area contributed by atoms with Crippen molar-refractivity contribution in [2.75, 3.05) is 0 Å². The molecule has 0 bridgehead atoms. The highest BCUT2D eigenvalue weighted by Crippen LogP contribution is 2.19. The zero-order chi connectivity index (χ0) is 7.49. The summed E-state index contributed by atoms with van der Waals surface area (Å²) in [6.07, 6.45) is 1.13. The number of aliphatic hydroxyl groups excluding tert-OH is 1. The first-order valence-electron chi connectivity index (χ1n) is 3.02. The van der Waals surface area contributed by atoms with Gasteiger partial charge in [-0.2, -0.15) is 0 Å². The Morgan fingerprint density at radius 1 is 1.56 bits per heavy atom. The van der Waals surface area contributed by atoms with Crippen molar-refractivity contribution >= 4 is 0 Å². The van der Waals surface area contributed by atoms with Crippen molar-refractivity contribution in [2.45, 2.75) is 26.9 Å². The second-order valence-electron chi connectivity index (χ2n) is 3.18. The molecule has 1 unspecified atom stereocenters. The fourth-order valence-electron chi connectivity index (χ4n) is 0.362. The third-order valence-electron chi connectivity index (χ3n) is 1.16. The lowest BCUT2D eigenvalue weighted by Crippen LogP contribution is -2.23. The van der Waals surface area contributed by atoms with Gasteiger partial charge in [0.25, 0.3) is 0 Å². The molecule has 0 aromatic heterocycles. The smallest absolute Gasteiger partial charge is 0.0842 e. The molecule has 0 aromatic rings. The molecule has 0 saturated heterocycles. The van der Waals surface area contributed by atoms with Crippen molar-refractivity contribution in [1.82, 2.24) is 0 Å². The van der Waals surface area contributed by atoms with Crippen LogP contribution in [0.1, 0.15) is 20.8 Å². The van der Waals surface area contributed by atoms with Crippen molar-refractivity contribution in [2.24, 2.45) is 5.41 Å². The Morgan fingerprint density at radius 3 is 2.11 bits per heavy atom. The van der Waals surface area contributed by atoms with E-state index in [0.717, 1.165) is 0 Å². The van der Waals surface area contributed by atoms with Gasteiger partial charge in [-0.05, 0) is 11.5 Å². The maximum absolute atomic E-state index is 9.23. The predicted octanol–water partition coefficient (Wildman–Crippen LogP) is 1.73. The summed E-state index contributed by atoms with van der Waals surface area (Å²) in [5.74, 6) is 0. The Balaban J connectivity index is 4.03. The molecule has 1 N–H and O–H groups in total. The topological polar surface area (TPSA) is 20.2 Å². The standard InChI is InChI=1S/C8H14O/c1-5-6-7(9)8(2,3)4/h6-7,9H,1H2,2-4H3. The number of hydrogen-bond acceptors (Lipinski definition) is 1. The van der Waals surface area contributed by atoms with Gasteiger partial charge in [-0.3, -0.25) is 0 Å². The van der Waals surface area contributed by atoms with Gasteiger partial charge in [0.05, 0.1) is 6.10 Å². The van der Waals surface area contributed by atoms with Crippen molar-refractivity contribution in [3.63, 3.8) is 0 Å². The predicted molar refractivity (Wildman–Crippen MR) is 39.2 cm³/mol. The summed E-state index contributed by atoms with van der Waals surface area (Å²) in [4.78, 5) is 0. The first kappa shape index (κ1) is 8.48. The van der Waals surface area contributed by atoms with E-state index in [4.69, 9.17) is 0 Å². The molecule has 0 spiro atoms. The highest BCUT2D eigenvalue weighted by Gasteiger charge is 2.18. The minimum absolute atomic E-state index is 0.0926. The van der Waals surface area contributed by atoms with Gasteiger partial charge in [0.2, 0.25) is 0 Å². The summed E-state index contributed by atoms with van der Waals surface area (Å²) < 4.78 is 0. The highest BCUT2D eigenvalue weighted by molar-refractivity contribution is 4.91. The molecule has 0 heterocycles. The van der Waals surface area contributed by atoms with E-state index in [0.29, 0.717) is 0 Å². The summed E-state index contributed by atoms with van der Waals surface area (Å²) in [5.41, 5.74) is 2.46. The molecule has 1 atom stereocenters. The summed E-state index contributed by atoms with van der Waals surface area (Å²) >= 11 is 0.